The van der Waals surface area contributed by atoms with Crippen molar-refractivity contribution in [3.8, 4) is 0 Å². The second-order valence-electron chi connectivity index (χ2n) is 8.27. The second kappa shape index (κ2) is 11.0. The minimum Gasteiger partial charge on any atom is -0.461 e. The summed E-state index contributed by atoms with van der Waals surface area (Å²) < 4.78 is 15.3. The van der Waals surface area contributed by atoms with Gasteiger partial charge in [-0.2, -0.15) is 0 Å². The minimum absolute atomic E-state index is 0.0110. The zero-order valence-corrected chi connectivity index (χ0v) is 18.6. The van der Waals surface area contributed by atoms with Crippen LogP contribution in [0.5, 0.6) is 0 Å². The van der Waals surface area contributed by atoms with Crippen LogP contribution >= 0.6 is 0 Å². The molecule has 2 N–H and O–H groups in total. The van der Waals surface area contributed by atoms with E-state index < -0.39 is 47.4 Å². The number of nitrogens with one attached hydrogen (secondary N) is 2. The van der Waals surface area contributed by atoms with E-state index in [0.29, 0.717) is 12.8 Å². The van der Waals surface area contributed by atoms with E-state index in [9.17, 15) is 19.2 Å². The third-order valence-corrected chi connectivity index (χ3v) is 5.84. The second-order valence-corrected chi connectivity index (χ2v) is 8.27. The van der Waals surface area contributed by atoms with E-state index in [-0.39, 0.29) is 31.7 Å². The Kier molecular flexibility index (Phi) is 8.63. The molecule has 2 fully saturated rings. The largest absolute Gasteiger partial charge is 0.461 e. The molecule has 2 rings (SSSR count). The summed E-state index contributed by atoms with van der Waals surface area (Å²) in [4.78, 5) is 50.8. The highest BCUT2D eigenvalue weighted by Crippen LogP contribution is 2.62. The molecule has 176 valence electrons. The van der Waals surface area contributed by atoms with Crippen molar-refractivity contribution in [2.24, 2.45) is 23.7 Å². The van der Waals surface area contributed by atoms with Crippen molar-refractivity contribution < 1.29 is 33.4 Å². The van der Waals surface area contributed by atoms with Gasteiger partial charge < -0.3 is 24.8 Å². The molecular weight excluding hydrogens is 416 g/mol. The Morgan fingerprint density at radius 3 is 2.19 bits per heavy atom. The summed E-state index contributed by atoms with van der Waals surface area (Å²) in [6, 6.07) is -0.936. The number of carbonyl (C=O) groups excluding carboxylic acids is 4. The normalized spacial score (nSPS) is 26.2. The summed E-state index contributed by atoms with van der Waals surface area (Å²) in [5, 5.41) is 5.39. The van der Waals surface area contributed by atoms with Gasteiger partial charge in [0.05, 0.1) is 5.92 Å². The number of carbonyl (C=O) groups is 4. The number of fused-ring (bicyclic) bond motifs is 1. The van der Waals surface area contributed by atoms with Gasteiger partial charge in [-0.3, -0.25) is 9.59 Å². The number of hydrogen-bond acceptors (Lipinski definition) is 7. The Morgan fingerprint density at radius 2 is 1.59 bits per heavy atom. The van der Waals surface area contributed by atoms with Gasteiger partial charge in [0.25, 0.3) is 0 Å². The Morgan fingerprint density at radius 1 is 1.00 bits per heavy atom. The first-order valence-electron chi connectivity index (χ1n) is 10.6. The Balaban J connectivity index is 2.25. The van der Waals surface area contributed by atoms with Crippen LogP contribution in [0.4, 0.5) is 4.79 Å². The molecule has 9 heteroatoms. The molecule has 0 radical (unpaired) electrons. The van der Waals surface area contributed by atoms with E-state index in [1.165, 1.54) is 18.2 Å². The molecule has 0 unspecified atom stereocenters. The molecule has 0 heterocycles. The van der Waals surface area contributed by atoms with Crippen molar-refractivity contribution in [1.82, 2.24) is 10.6 Å². The van der Waals surface area contributed by atoms with Crippen LogP contribution in [-0.4, -0.2) is 55.3 Å². The first-order chi connectivity index (χ1) is 15.2. The molecular formula is C23H32N2O7. The maximum Gasteiger partial charge on any atom is 0.408 e. The number of rotatable bonds is 12. The predicted octanol–water partition coefficient (Wildman–Crippen LogP) is 1.89. The van der Waals surface area contributed by atoms with Crippen molar-refractivity contribution in [3.05, 3.63) is 38.0 Å². The van der Waals surface area contributed by atoms with Crippen LogP contribution in [-0.2, 0) is 28.6 Å². The number of esters is 2. The fraction of sp³-hybridized carbons (Fsp3) is 0.565. The zero-order chi connectivity index (χ0) is 23.9. The van der Waals surface area contributed by atoms with Gasteiger partial charge in [-0.1, -0.05) is 51.8 Å². The molecule has 0 aliphatic heterocycles. The van der Waals surface area contributed by atoms with Gasteiger partial charge >= 0.3 is 18.0 Å². The Bertz CT molecular complexity index is 778. The van der Waals surface area contributed by atoms with Crippen molar-refractivity contribution in [2.45, 2.75) is 38.3 Å². The van der Waals surface area contributed by atoms with Crippen molar-refractivity contribution >= 4 is 23.9 Å². The fourth-order valence-corrected chi connectivity index (χ4v) is 4.34. The summed E-state index contributed by atoms with van der Waals surface area (Å²) >= 11 is 0. The smallest absolute Gasteiger partial charge is 0.408 e. The predicted molar refractivity (Wildman–Crippen MR) is 116 cm³/mol. The van der Waals surface area contributed by atoms with Crippen LogP contribution in [0.15, 0.2) is 38.0 Å². The third kappa shape index (κ3) is 5.38. The number of hydrogen-bond donors (Lipinski definition) is 2. The standard InChI is InChI=1S/C23H32N2O7/c1-6-11-30-19(26)16-15-9-10-23(17(15)16,25-22(29)32-13-8-3)21(28)24-18(14(4)5)20(27)31-12-7-2/h6-8,14-18H,1-3,9-13H2,4-5H3,(H,24,28)(H,25,29)/t15-,16-,17-,18-,23-/m0/s1. The van der Waals surface area contributed by atoms with Gasteiger partial charge in [0.2, 0.25) is 5.91 Å². The number of alkyl carbamates (subject to hydrolysis) is 1. The number of amides is 2. The molecule has 2 aliphatic carbocycles. The Labute approximate surface area is 188 Å². The molecule has 0 aromatic rings. The molecule has 5 atom stereocenters. The summed E-state index contributed by atoms with van der Waals surface area (Å²) in [7, 11) is 0. The van der Waals surface area contributed by atoms with Crippen molar-refractivity contribution in [2.75, 3.05) is 19.8 Å². The minimum atomic E-state index is -1.41. The van der Waals surface area contributed by atoms with Crippen LogP contribution in [0.2, 0.25) is 0 Å². The van der Waals surface area contributed by atoms with Gasteiger partial charge in [0.1, 0.15) is 31.4 Å². The van der Waals surface area contributed by atoms with Crippen LogP contribution in [0, 0.1) is 23.7 Å². The lowest BCUT2D eigenvalue weighted by atomic mass is 9.88. The fourth-order valence-electron chi connectivity index (χ4n) is 4.34. The van der Waals surface area contributed by atoms with Crippen LogP contribution in [0.25, 0.3) is 0 Å². The third-order valence-electron chi connectivity index (χ3n) is 5.84. The van der Waals surface area contributed by atoms with Crippen LogP contribution in [0.3, 0.4) is 0 Å². The van der Waals surface area contributed by atoms with E-state index in [2.05, 4.69) is 30.4 Å². The maximum atomic E-state index is 13.5. The Hall–Kier alpha value is -3.10. The molecule has 0 aromatic carbocycles. The highest BCUT2D eigenvalue weighted by Gasteiger charge is 2.72. The molecule has 0 bridgehead atoms. The molecule has 2 saturated carbocycles. The summed E-state index contributed by atoms with van der Waals surface area (Å²) in [6.07, 6.45) is 4.34. The van der Waals surface area contributed by atoms with Gasteiger partial charge in [-0.15, -0.1) is 0 Å². The molecule has 0 aromatic heterocycles. The average Bonchev–Trinajstić information content (AvgIpc) is 3.39. The lowest BCUT2D eigenvalue weighted by Gasteiger charge is -2.33. The molecule has 0 spiro atoms. The average molecular weight is 449 g/mol. The molecule has 9 nitrogen and oxygen atoms in total. The lowest BCUT2D eigenvalue weighted by Crippen LogP contribution is -2.63. The monoisotopic (exact) mass is 448 g/mol. The summed E-state index contributed by atoms with van der Waals surface area (Å²) in [5.74, 6) is -2.98. The molecule has 0 saturated heterocycles. The highest BCUT2D eigenvalue weighted by molar-refractivity contribution is 5.96. The van der Waals surface area contributed by atoms with E-state index >= 15 is 0 Å². The zero-order valence-electron chi connectivity index (χ0n) is 18.6. The summed E-state index contributed by atoms with van der Waals surface area (Å²) in [5.41, 5.74) is -1.41. The summed E-state index contributed by atoms with van der Waals surface area (Å²) in [6.45, 7) is 14.1. The van der Waals surface area contributed by atoms with Gasteiger partial charge in [-0.05, 0) is 24.7 Å². The first-order valence-corrected chi connectivity index (χ1v) is 10.6. The molecule has 2 aliphatic rings. The van der Waals surface area contributed by atoms with Crippen molar-refractivity contribution in [3.63, 3.8) is 0 Å². The van der Waals surface area contributed by atoms with Gasteiger partial charge in [-0.25, -0.2) is 9.59 Å². The molecule has 32 heavy (non-hydrogen) atoms. The van der Waals surface area contributed by atoms with E-state index in [1.807, 2.05) is 0 Å². The SMILES string of the molecule is C=CCOC(=O)N[C@@]1(C(=O)N[C@H](C(=O)OCC=C)C(C)C)CC[C@H]2[C@H](C(=O)OCC=C)[C@H]21. The van der Waals surface area contributed by atoms with Gasteiger partial charge in [0.15, 0.2) is 0 Å². The van der Waals surface area contributed by atoms with E-state index in [4.69, 9.17) is 14.2 Å². The maximum absolute atomic E-state index is 13.5. The topological polar surface area (TPSA) is 120 Å². The van der Waals surface area contributed by atoms with Crippen LogP contribution in [0.1, 0.15) is 26.7 Å². The lowest BCUT2D eigenvalue weighted by molar-refractivity contribution is -0.150. The van der Waals surface area contributed by atoms with E-state index in [1.54, 1.807) is 13.8 Å². The molecule has 2 amide bonds. The van der Waals surface area contributed by atoms with Crippen molar-refractivity contribution in [1.29, 1.82) is 0 Å². The van der Waals surface area contributed by atoms with E-state index in [0.717, 1.165) is 0 Å². The first kappa shape index (κ1) is 25.2. The highest BCUT2D eigenvalue weighted by atomic mass is 16.6. The number of ether oxygens (including phenoxy) is 3. The quantitative estimate of drug-likeness (QED) is 0.266. The van der Waals surface area contributed by atoms with Crippen LogP contribution < -0.4 is 10.6 Å². The van der Waals surface area contributed by atoms with Gasteiger partial charge in [0, 0.05) is 5.92 Å².